The molecule has 0 aromatic carbocycles. The number of thioether (sulfide) groups is 1. The molecule has 3 heterocycles. The lowest BCUT2D eigenvalue weighted by atomic mass is 10.2. The number of nitrogens with zero attached hydrogens (tertiary/aromatic N) is 2. The summed E-state index contributed by atoms with van der Waals surface area (Å²) in [5.41, 5.74) is 3.60. The Hall–Kier alpha value is -1.07. The zero-order valence-corrected chi connectivity index (χ0v) is 11.2. The molecule has 0 unspecified atom stereocenters. The van der Waals surface area contributed by atoms with Gasteiger partial charge in [-0.25, -0.2) is 9.97 Å². The fraction of sp³-hybridized carbons (Fsp3) is 0.333. The van der Waals surface area contributed by atoms with E-state index < -0.39 is 0 Å². The van der Waals surface area contributed by atoms with Gasteiger partial charge in [0.15, 0.2) is 5.82 Å². The number of rotatable bonds is 3. The minimum Gasteiger partial charge on any atom is -0.370 e. The number of aromatic nitrogens is 2. The Balaban J connectivity index is 2.09. The molecule has 3 nitrogen and oxygen atoms in total. The van der Waals surface area contributed by atoms with Crippen molar-refractivity contribution in [3.63, 3.8) is 0 Å². The minimum absolute atomic E-state index is 0.850. The highest BCUT2D eigenvalue weighted by molar-refractivity contribution is 7.98. The summed E-state index contributed by atoms with van der Waals surface area (Å²) in [4.78, 5) is 9.32. The highest BCUT2D eigenvalue weighted by atomic mass is 32.2. The van der Waals surface area contributed by atoms with Crippen LogP contribution in [0, 0.1) is 0 Å². The molecule has 0 amide bonds. The van der Waals surface area contributed by atoms with Crippen molar-refractivity contribution in [2.75, 3.05) is 11.9 Å². The van der Waals surface area contributed by atoms with Crippen LogP contribution in [0.4, 0.5) is 5.82 Å². The van der Waals surface area contributed by atoms with Crippen LogP contribution in [-0.2, 0) is 11.5 Å². The largest absolute Gasteiger partial charge is 0.370 e. The summed E-state index contributed by atoms with van der Waals surface area (Å²) in [6, 6.07) is 2.07. The third kappa shape index (κ3) is 2.05. The molecule has 0 saturated carbocycles. The fourth-order valence-corrected chi connectivity index (χ4v) is 3.56. The van der Waals surface area contributed by atoms with Gasteiger partial charge in [0.2, 0.25) is 0 Å². The lowest BCUT2D eigenvalue weighted by molar-refractivity contribution is 1.05. The van der Waals surface area contributed by atoms with Crippen molar-refractivity contribution in [3.05, 3.63) is 28.1 Å². The molecule has 2 aromatic heterocycles. The Morgan fingerprint density at radius 1 is 1.35 bits per heavy atom. The first kappa shape index (κ1) is 11.0. The van der Waals surface area contributed by atoms with Crippen LogP contribution in [0.2, 0.25) is 0 Å². The molecular weight excluding hydrogens is 250 g/mol. The van der Waals surface area contributed by atoms with Crippen LogP contribution in [0.1, 0.15) is 18.2 Å². The summed E-state index contributed by atoms with van der Waals surface area (Å²) in [6.45, 7) is 3.00. The second kappa shape index (κ2) is 4.66. The van der Waals surface area contributed by atoms with E-state index in [1.54, 1.807) is 11.3 Å². The van der Waals surface area contributed by atoms with Crippen LogP contribution in [0.5, 0.6) is 0 Å². The summed E-state index contributed by atoms with van der Waals surface area (Å²) < 4.78 is 0. The van der Waals surface area contributed by atoms with E-state index >= 15 is 0 Å². The monoisotopic (exact) mass is 263 g/mol. The SMILES string of the molecule is CCNc1nc(-c2ccsc2)nc2c1CSC2. The molecule has 3 rings (SSSR count). The van der Waals surface area contributed by atoms with Gasteiger partial charge in [-0.1, -0.05) is 0 Å². The van der Waals surface area contributed by atoms with Gasteiger partial charge >= 0.3 is 0 Å². The molecule has 0 aliphatic carbocycles. The van der Waals surface area contributed by atoms with Crippen molar-refractivity contribution in [3.8, 4) is 11.4 Å². The molecule has 1 aliphatic rings. The average Bonchev–Trinajstić information content (AvgIpc) is 3.00. The summed E-state index contributed by atoms with van der Waals surface area (Å²) >= 11 is 3.59. The standard InChI is InChI=1S/C12H13N3S2/c1-2-13-12-9-6-17-7-10(9)14-11(15-12)8-3-4-16-5-8/h3-5H,2,6-7H2,1H3,(H,13,14,15). The Bertz CT molecular complexity index is 523. The lowest BCUT2D eigenvalue weighted by Crippen LogP contribution is -2.06. The molecule has 1 N–H and O–H groups in total. The number of anilines is 1. The van der Waals surface area contributed by atoms with E-state index in [0.717, 1.165) is 35.3 Å². The van der Waals surface area contributed by atoms with E-state index in [4.69, 9.17) is 0 Å². The maximum atomic E-state index is 4.67. The van der Waals surface area contributed by atoms with Gasteiger partial charge in [-0.3, -0.25) is 0 Å². The first-order valence-electron chi connectivity index (χ1n) is 5.62. The maximum Gasteiger partial charge on any atom is 0.162 e. The van der Waals surface area contributed by atoms with Gasteiger partial charge in [-0.15, -0.1) is 0 Å². The first-order valence-corrected chi connectivity index (χ1v) is 7.72. The van der Waals surface area contributed by atoms with Gasteiger partial charge in [-0.2, -0.15) is 23.1 Å². The summed E-state index contributed by atoms with van der Waals surface area (Å²) in [7, 11) is 0. The molecule has 2 aromatic rings. The Morgan fingerprint density at radius 2 is 2.29 bits per heavy atom. The summed E-state index contributed by atoms with van der Waals surface area (Å²) in [6.07, 6.45) is 0. The third-order valence-electron chi connectivity index (χ3n) is 2.70. The molecule has 0 atom stereocenters. The van der Waals surface area contributed by atoms with Crippen LogP contribution in [-0.4, -0.2) is 16.5 Å². The van der Waals surface area contributed by atoms with Gasteiger partial charge in [-0.05, 0) is 18.4 Å². The molecule has 0 radical (unpaired) electrons. The number of hydrogen-bond acceptors (Lipinski definition) is 5. The normalized spacial score (nSPS) is 13.7. The first-order chi connectivity index (χ1) is 8.38. The predicted octanol–water partition coefficient (Wildman–Crippen LogP) is 3.38. The molecule has 17 heavy (non-hydrogen) atoms. The van der Waals surface area contributed by atoms with Crippen molar-refractivity contribution in [2.45, 2.75) is 18.4 Å². The Morgan fingerprint density at radius 3 is 3.06 bits per heavy atom. The zero-order valence-electron chi connectivity index (χ0n) is 9.56. The van der Waals surface area contributed by atoms with Gasteiger partial charge in [0.05, 0.1) is 5.69 Å². The highest BCUT2D eigenvalue weighted by Crippen LogP contribution is 2.34. The van der Waals surface area contributed by atoms with Gasteiger partial charge in [0, 0.05) is 34.6 Å². The van der Waals surface area contributed by atoms with E-state index in [0.29, 0.717) is 0 Å². The van der Waals surface area contributed by atoms with Gasteiger partial charge < -0.3 is 5.32 Å². The quantitative estimate of drug-likeness (QED) is 0.921. The number of thiophene rings is 1. The van der Waals surface area contributed by atoms with E-state index in [-0.39, 0.29) is 0 Å². The lowest BCUT2D eigenvalue weighted by Gasteiger charge is -2.09. The van der Waals surface area contributed by atoms with Crippen molar-refractivity contribution >= 4 is 28.9 Å². The summed E-state index contributed by atoms with van der Waals surface area (Å²) in [5.74, 6) is 3.90. The number of nitrogens with one attached hydrogen (secondary N) is 1. The zero-order chi connectivity index (χ0) is 11.7. The van der Waals surface area contributed by atoms with Crippen LogP contribution in [0.25, 0.3) is 11.4 Å². The minimum atomic E-state index is 0.850. The molecule has 0 fully saturated rings. The second-order valence-corrected chi connectivity index (χ2v) is 5.62. The maximum absolute atomic E-state index is 4.67. The van der Waals surface area contributed by atoms with Crippen LogP contribution in [0.15, 0.2) is 16.8 Å². The Labute approximate surface area is 109 Å². The highest BCUT2D eigenvalue weighted by Gasteiger charge is 2.19. The van der Waals surface area contributed by atoms with Gasteiger partial charge in [0.25, 0.3) is 0 Å². The van der Waals surface area contributed by atoms with Crippen LogP contribution >= 0.6 is 23.1 Å². The average molecular weight is 263 g/mol. The topological polar surface area (TPSA) is 37.8 Å². The van der Waals surface area contributed by atoms with Crippen molar-refractivity contribution < 1.29 is 0 Å². The molecule has 0 bridgehead atoms. The van der Waals surface area contributed by atoms with Crippen LogP contribution in [0.3, 0.4) is 0 Å². The number of fused-ring (bicyclic) bond motifs is 1. The molecule has 0 spiro atoms. The molecule has 1 aliphatic heterocycles. The summed E-state index contributed by atoms with van der Waals surface area (Å²) in [5, 5.41) is 7.51. The third-order valence-corrected chi connectivity index (χ3v) is 4.36. The molecule has 88 valence electrons. The van der Waals surface area contributed by atoms with E-state index in [1.165, 1.54) is 11.3 Å². The van der Waals surface area contributed by atoms with Crippen LogP contribution < -0.4 is 5.32 Å². The molecule has 5 heteroatoms. The molecular formula is C12H13N3S2. The van der Waals surface area contributed by atoms with Crippen molar-refractivity contribution in [1.82, 2.24) is 9.97 Å². The van der Waals surface area contributed by atoms with Crippen molar-refractivity contribution in [2.24, 2.45) is 0 Å². The van der Waals surface area contributed by atoms with Gasteiger partial charge in [0.1, 0.15) is 5.82 Å². The second-order valence-electron chi connectivity index (χ2n) is 3.86. The van der Waals surface area contributed by atoms with E-state index in [1.807, 2.05) is 11.8 Å². The van der Waals surface area contributed by atoms with E-state index in [2.05, 4.69) is 39.0 Å². The van der Waals surface area contributed by atoms with E-state index in [9.17, 15) is 0 Å². The predicted molar refractivity (Wildman–Crippen MR) is 74.5 cm³/mol. The van der Waals surface area contributed by atoms with Crippen molar-refractivity contribution in [1.29, 1.82) is 0 Å². The fourth-order valence-electron chi connectivity index (χ4n) is 1.89. The molecule has 0 saturated heterocycles. The smallest absolute Gasteiger partial charge is 0.162 e. The number of hydrogen-bond donors (Lipinski definition) is 1. The Kier molecular flexibility index (Phi) is 3.03.